The van der Waals surface area contributed by atoms with Crippen LogP contribution in [0.25, 0.3) is 0 Å². The molecule has 1 saturated heterocycles. The largest absolute Gasteiger partial charge is 0.487 e. The number of hydrogen-bond acceptors (Lipinski definition) is 4. The molecule has 162 valence electrons. The van der Waals surface area contributed by atoms with Crippen LogP contribution in [0, 0.1) is 19.8 Å². The number of carbonyl (C=O) groups is 1. The van der Waals surface area contributed by atoms with Gasteiger partial charge in [0.25, 0.3) is 0 Å². The van der Waals surface area contributed by atoms with Crippen LogP contribution in [-0.2, 0) is 24.2 Å². The molecule has 6 nitrogen and oxygen atoms in total. The Bertz CT molecular complexity index is 890. The van der Waals surface area contributed by atoms with Gasteiger partial charge in [-0.05, 0) is 65.1 Å². The van der Waals surface area contributed by atoms with Gasteiger partial charge in [0.15, 0.2) is 0 Å². The maximum atomic E-state index is 12.3. The lowest BCUT2D eigenvalue weighted by atomic mass is 9.95. The van der Waals surface area contributed by atoms with E-state index in [0.717, 1.165) is 68.1 Å². The van der Waals surface area contributed by atoms with Gasteiger partial charge in [-0.2, -0.15) is 5.10 Å². The van der Waals surface area contributed by atoms with E-state index in [-0.39, 0.29) is 11.5 Å². The number of aromatic nitrogens is 2. The molecule has 1 aromatic heterocycles. The van der Waals surface area contributed by atoms with Gasteiger partial charge in [0.05, 0.1) is 12.1 Å². The smallest absolute Gasteiger partial charge is 0.224 e. The number of carbonyl (C=O) groups excluding carboxylic acids is 1. The second kappa shape index (κ2) is 8.42. The summed E-state index contributed by atoms with van der Waals surface area (Å²) < 4.78 is 6.23. The molecule has 6 heteroatoms. The molecule has 2 aliphatic heterocycles. The zero-order chi connectivity index (χ0) is 21.3. The molecule has 0 spiro atoms. The number of nitrogens with one attached hydrogen (secondary N) is 2. The number of aryl methyl sites for hydroxylation is 2. The highest BCUT2D eigenvalue weighted by Gasteiger charge is 2.32. The number of H-pyrrole nitrogens is 1. The van der Waals surface area contributed by atoms with E-state index < -0.39 is 0 Å². The third-order valence-corrected chi connectivity index (χ3v) is 6.48. The van der Waals surface area contributed by atoms with Gasteiger partial charge in [-0.15, -0.1) is 0 Å². The molecule has 3 heterocycles. The van der Waals surface area contributed by atoms with E-state index >= 15 is 0 Å². The van der Waals surface area contributed by atoms with Crippen molar-refractivity contribution in [2.24, 2.45) is 5.92 Å². The van der Waals surface area contributed by atoms with Crippen LogP contribution in [0.1, 0.15) is 54.8 Å². The van der Waals surface area contributed by atoms with Crippen molar-refractivity contribution in [1.29, 1.82) is 0 Å². The van der Waals surface area contributed by atoms with Crippen molar-refractivity contribution >= 4 is 5.91 Å². The average molecular weight is 411 g/mol. The van der Waals surface area contributed by atoms with Crippen LogP contribution in [0.4, 0.5) is 0 Å². The first-order valence-electron chi connectivity index (χ1n) is 11.1. The van der Waals surface area contributed by atoms with Gasteiger partial charge < -0.3 is 10.1 Å². The number of fused-ring (bicyclic) bond motifs is 1. The Morgan fingerprint density at radius 3 is 2.77 bits per heavy atom. The third kappa shape index (κ3) is 4.69. The molecule has 4 rings (SSSR count). The molecular formula is C24H34N4O2. The Kier molecular flexibility index (Phi) is 5.87. The molecule has 0 unspecified atom stereocenters. The Hall–Kier alpha value is -2.34. The molecule has 1 amide bonds. The van der Waals surface area contributed by atoms with Crippen LogP contribution in [0.3, 0.4) is 0 Å². The highest BCUT2D eigenvalue weighted by atomic mass is 16.5. The lowest BCUT2D eigenvalue weighted by Gasteiger charge is -2.32. The molecule has 30 heavy (non-hydrogen) atoms. The van der Waals surface area contributed by atoms with Crippen LogP contribution in [0.5, 0.6) is 5.75 Å². The fourth-order valence-electron chi connectivity index (χ4n) is 4.71. The molecule has 1 fully saturated rings. The van der Waals surface area contributed by atoms with Gasteiger partial charge in [-0.25, -0.2) is 0 Å². The molecular weight excluding hydrogens is 376 g/mol. The van der Waals surface area contributed by atoms with Crippen molar-refractivity contribution in [3.8, 4) is 5.75 Å². The molecule has 0 aliphatic carbocycles. The van der Waals surface area contributed by atoms with E-state index in [9.17, 15) is 4.79 Å². The van der Waals surface area contributed by atoms with Gasteiger partial charge in [0.1, 0.15) is 11.4 Å². The average Bonchev–Trinajstić information content (AvgIpc) is 3.20. The van der Waals surface area contributed by atoms with Crippen LogP contribution >= 0.6 is 0 Å². The Labute approximate surface area is 179 Å². The third-order valence-electron chi connectivity index (χ3n) is 6.48. The number of benzene rings is 1. The van der Waals surface area contributed by atoms with E-state index in [0.29, 0.717) is 12.3 Å². The monoisotopic (exact) mass is 410 g/mol. The van der Waals surface area contributed by atoms with Crippen LogP contribution in [0.15, 0.2) is 18.2 Å². The molecule has 1 aromatic carbocycles. The number of nitrogens with zero attached hydrogens (tertiary/aromatic N) is 2. The number of ether oxygens (including phenoxy) is 1. The zero-order valence-corrected chi connectivity index (χ0v) is 18.7. The summed E-state index contributed by atoms with van der Waals surface area (Å²) in [7, 11) is 0. The predicted octanol–water partition coefficient (Wildman–Crippen LogP) is 3.31. The summed E-state index contributed by atoms with van der Waals surface area (Å²) in [5.74, 6) is 1.74. The quantitative estimate of drug-likeness (QED) is 0.767. The number of piperidine rings is 1. The van der Waals surface area contributed by atoms with Gasteiger partial charge >= 0.3 is 0 Å². The molecule has 2 aliphatic rings. The first-order valence-corrected chi connectivity index (χ1v) is 11.1. The van der Waals surface area contributed by atoms with Gasteiger partial charge in [-0.1, -0.05) is 18.2 Å². The summed E-state index contributed by atoms with van der Waals surface area (Å²) in [6, 6.07) is 6.55. The number of rotatable bonds is 6. The number of aromatic amines is 1. The summed E-state index contributed by atoms with van der Waals surface area (Å²) in [6.45, 7) is 12.1. The predicted molar refractivity (Wildman–Crippen MR) is 118 cm³/mol. The molecule has 2 aromatic rings. The second-order valence-corrected chi connectivity index (χ2v) is 9.56. The minimum absolute atomic E-state index is 0.0876. The highest BCUT2D eigenvalue weighted by molar-refractivity contribution is 5.79. The standard InChI is InChI=1S/C24H34N4O2/c1-16-21(17(2)27-26-16)12-22(29)25-14-18-8-10-28(11-9-18)15-20-7-5-6-19-13-24(3,4)30-23(19)20/h5-7,18H,8-15H2,1-4H3,(H,25,29)(H,26,27). The van der Waals surface area contributed by atoms with E-state index in [4.69, 9.17) is 4.74 Å². The van der Waals surface area contributed by atoms with Crippen molar-refractivity contribution in [3.63, 3.8) is 0 Å². The van der Waals surface area contributed by atoms with E-state index in [1.165, 1.54) is 11.1 Å². The Balaban J connectivity index is 1.23. The summed E-state index contributed by atoms with van der Waals surface area (Å²) in [5, 5.41) is 10.3. The van der Waals surface area contributed by atoms with E-state index in [1.807, 2.05) is 13.8 Å². The first-order chi connectivity index (χ1) is 14.3. The number of para-hydroxylation sites is 1. The van der Waals surface area contributed by atoms with E-state index in [1.54, 1.807) is 0 Å². The van der Waals surface area contributed by atoms with Gasteiger partial charge in [0.2, 0.25) is 5.91 Å². The van der Waals surface area contributed by atoms with Crippen molar-refractivity contribution in [2.45, 2.75) is 65.5 Å². The summed E-state index contributed by atoms with van der Waals surface area (Å²) in [4.78, 5) is 14.9. The number of likely N-dealkylation sites (tertiary alicyclic amines) is 1. The lowest BCUT2D eigenvalue weighted by molar-refractivity contribution is -0.120. The summed E-state index contributed by atoms with van der Waals surface area (Å²) in [5.41, 5.74) is 5.44. The van der Waals surface area contributed by atoms with E-state index in [2.05, 4.69) is 52.5 Å². The molecule has 0 bridgehead atoms. The SMILES string of the molecule is Cc1n[nH]c(C)c1CC(=O)NCC1CCN(Cc2cccc3c2OC(C)(C)C3)CC1. The van der Waals surface area contributed by atoms with Crippen molar-refractivity contribution in [1.82, 2.24) is 20.4 Å². The van der Waals surface area contributed by atoms with Crippen LogP contribution in [-0.4, -0.2) is 46.2 Å². The van der Waals surface area contributed by atoms with Crippen molar-refractivity contribution in [2.75, 3.05) is 19.6 Å². The summed E-state index contributed by atoms with van der Waals surface area (Å²) >= 11 is 0. The van der Waals surface area contributed by atoms with Gasteiger partial charge in [0, 0.05) is 36.3 Å². The van der Waals surface area contributed by atoms with Crippen LogP contribution < -0.4 is 10.1 Å². The van der Waals surface area contributed by atoms with Gasteiger partial charge in [-0.3, -0.25) is 14.8 Å². The molecule has 2 N–H and O–H groups in total. The second-order valence-electron chi connectivity index (χ2n) is 9.56. The normalized spacial score (nSPS) is 18.8. The topological polar surface area (TPSA) is 70.2 Å². The Morgan fingerprint density at radius 2 is 2.07 bits per heavy atom. The Morgan fingerprint density at radius 1 is 1.30 bits per heavy atom. The lowest BCUT2D eigenvalue weighted by Crippen LogP contribution is -2.38. The molecule has 0 saturated carbocycles. The van der Waals surface area contributed by atoms with Crippen molar-refractivity contribution in [3.05, 3.63) is 46.3 Å². The highest BCUT2D eigenvalue weighted by Crippen LogP contribution is 2.38. The van der Waals surface area contributed by atoms with Crippen molar-refractivity contribution < 1.29 is 9.53 Å². The minimum atomic E-state index is -0.100. The molecule has 0 radical (unpaired) electrons. The molecule has 0 atom stereocenters. The van der Waals surface area contributed by atoms with Crippen LogP contribution in [0.2, 0.25) is 0 Å². The maximum absolute atomic E-state index is 12.3. The maximum Gasteiger partial charge on any atom is 0.224 e. The fraction of sp³-hybridized carbons (Fsp3) is 0.583. The zero-order valence-electron chi connectivity index (χ0n) is 18.7. The number of amides is 1. The minimum Gasteiger partial charge on any atom is -0.487 e. The summed E-state index contributed by atoms with van der Waals surface area (Å²) in [6.07, 6.45) is 3.62. The first kappa shape index (κ1) is 20.9. The number of hydrogen-bond donors (Lipinski definition) is 2. The fourth-order valence-corrected chi connectivity index (χ4v) is 4.71.